The van der Waals surface area contributed by atoms with Crippen molar-refractivity contribution in [2.24, 2.45) is 0 Å². The van der Waals surface area contributed by atoms with Crippen LogP contribution in [0, 0.1) is 0 Å². The predicted molar refractivity (Wildman–Crippen MR) is 74.7 cm³/mol. The van der Waals surface area contributed by atoms with Crippen LogP contribution >= 0.6 is 35.0 Å². The van der Waals surface area contributed by atoms with E-state index in [1.807, 2.05) is 24.3 Å². The Hall–Kier alpha value is -0.900. The highest BCUT2D eigenvalue weighted by Gasteiger charge is 2.02. The average Bonchev–Trinajstić information content (AvgIpc) is 2.28. The number of thioether (sulfide) groups is 1. The van der Waals surface area contributed by atoms with Crippen LogP contribution in [0.25, 0.3) is 0 Å². The van der Waals surface area contributed by atoms with Crippen molar-refractivity contribution in [2.45, 2.75) is 10.6 Å². The number of benzene rings is 1. The molecule has 17 heavy (non-hydrogen) atoms. The van der Waals surface area contributed by atoms with Gasteiger partial charge in [0.25, 0.3) is 0 Å². The van der Waals surface area contributed by atoms with Crippen molar-refractivity contribution in [1.29, 1.82) is 0 Å². The summed E-state index contributed by atoms with van der Waals surface area (Å²) in [4.78, 5) is 5.21. The minimum Gasteiger partial charge on any atom is -0.398 e. The quantitative estimate of drug-likeness (QED) is 0.520. The number of pyridine rings is 1. The Bertz CT molecular complexity index is 532. The summed E-state index contributed by atoms with van der Waals surface area (Å²) in [6, 6.07) is 11.1. The van der Waals surface area contributed by atoms with Gasteiger partial charge in [0.1, 0.15) is 5.15 Å². The molecule has 88 valence electrons. The van der Waals surface area contributed by atoms with Gasteiger partial charge < -0.3 is 5.73 Å². The molecule has 0 unspecified atom stereocenters. The summed E-state index contributed by atoms with van der Waals surface area (Å²) in [6.45, 7) is 0. The molecule has 2 N–H and O–H groups in total. The largest absolute Gasteiger partial charge is 0.398 e. The third-order valence-electron chi connectivity index (χ3n) is 2.12. The van der Waals surface area contributed by atoms with Crippen molar-refractivity contribution >= 4 is 40.7 Å². The lowest BCUT2D eigenvalue weighted by atomic mass is 10.3. The molecule has 2 rings (SSSR count). The van der Waals surface area contributed by atoms with E-state index in [-0.39, 0.29) is 0 Å². The van der Waals surface area contributed by atoms with Crippen LogP contribution in [0.2, 0.25) is 10.2 Å². The number of rotatable bonds is 3. The number of aromatic nitrogens is 1. The van der Waals surface area contributed by atoms with E-state index in [4.69, 9.17) is 28.9 Å². The van der Waals surface area contributed by atoms with Crippen LogP contribution in [-0.2, 0) is 5.75 Å². The van der Waals surface area contributed by atoms with Gasteiger partial charge in [0.2, 0.25) is 0 Å². The molecule has 1 aromatic heterocycles. The fraction of sp³-hybridized carbons (Fsp3) is 0.0833. The summed E-state index contributed by atoms with van der Waals surface area (Å²) in [6.07, 6.45) is 0. The van der Waals surface area contributed by atoms with Gasteiger partial charge in [-0.2, -0.15) is 0 Å². The Morgan fingerprint density at radius 1 is 1.18 bits per heavy atom. The van der Waals surface area contributed by atoms with Crippen LogP contribution in [-0.4, -0.2) is 4.98 Å². The zero-order chi connectivity index (χ0) is 12.3. The van der Waals surface area contributed by atoms with Crippen molar-refractivity contribution < 1.29 is 0 Å². The third kappa shape index (κ3) is 3.53. The highest BCUT2D eigenvalue weighted by molar-refractivity contribution is 7.98. The second-order valence-electron chi connectivity index (χ2n) is 3.42. The van der Waals surface area contributed by atoms with E-state index in [2.05, 4.69) is 4.98 Å². The lowest BCUT2D eigenvalue weighted by molar-refractivity contribution is 1.17. The summed E-state index contributed by atoms with van der Waals surface area (Å²) >= 11 is 13.3. The average molecular weight is 285 g/mol. The third-order valence-corrected chi connectivity index (χ3v) is 3.69. The van der Waals surface area contributed by atoms with Crippen LogP contribution < -0.4 is 5.73 Å². The van der Waals surface area contributed by atoms with Crippen molar-refractivity contribution in [3.8, 4) is 0 Å². The Morgan fingerprint density at radius 3 is 2.71 bits per heavy atom. The second kappa shape index (κ2) is 5.63. The first-order chi connectivity index (χ1) is 8.15. The summed E-state index contributed by atoms with van der Waals surface area (Å²) in [5.74, 6) is 0.729. The van der Waals surface area contributed by atoms with Crippen molar-refractivity contribution in [3.05, 3.63) is 52.3 Å². The lowest BCUT2D eigenvalue weighted by Gasteiger charge is -2.05. The molecule has 1 heterocycles. The number of hydrogen-bond acceptors (Lipinski definition) is 3. The summed E-state index contributed by atoms with van der Waals surface area (Å²) < 4.78 is 0. The first-order valence-electron chi connectivity index (χ1n) is 4.94. The molecule has 0 saturated carbocycles. The summed E-state index contributed by atoms with van der Waals surface area (Å²) in [5.41, 5.74) is 7.48. The molecule has 0 atom stereocenters. The minimum atomic E-state index is 0.507. The van der Waals surface area contributed by atoms with Crippen LogP contribution in [0.4, 0.5) is 5.69 Å². The molecule has 0 aliphatic rings. The molecule has 0 radical (unpaired) electrons. The predicted octanol–water partition coefficient (Wildman–Crippen LogP) is 4.26. The first kappa shape index (κ1) is 12.6. The van der Waals surface area contributed by atoms with Gasteiger partial charge in [-0.05, 0) is 30.3 Å². The Kier molecular flexibility index (Phi) is 4.15. The maximum Gasteiger partial charge on any atom is 0.129 e. The number of nitrogens with two attached hydrogens (primary N) is 1. The fourth-order valence-corrected chi connectivity index (χ4v) is 2.55. The number of nitrogen functional groups attached to an aromatic ring is 1. The molecule has 0 bridgehead atoms. The SMILES string of the molecule is Nc1cc(Cl)ccc1SCc1cccc(Cl)n1. The van der Waals surface area contributed by atoms with Gasteiger partial charge in [-0.3, -0.25) is 0 Å². The molecule has 2 aromatic rings. The first-order valence-corrected chi connectivity index (χ1v) is 6.68. The van der Waals surface area contributed by atoms with Gasteiger partial charge in [-0.1, -0.05) is 29.3 Å². The monoisotopic (exact) mass is 284 g/mol. The molecule has 0 aliphatic carbocycles. The van der Waals surface area contributed by atoms with Gasteiger partial charge >= 0.3 is 0 Å². The Labute approximate surface area is 114 Å². The van der Waals surface area contributed by atoms with Crippen LogP contribution in [0.15, 0.2) is 41.3 Å². The zero-order valence-corrected chi connectivity index (χ0v) is 11.2. The molecule has 2 nitrogen and oxygen atoms in total. The van der Waals surface area contributed by atoms with E-state index in [1.165, 1.54) is 0 Å². The topological polar surface area (TPSA) is 38.9 Å². The van der Waals surface area contributed by atoms with Crippen molar-refractivity contribution in [1.82, 2.24) is 4.98 Å². The van der Waals surface area contributed by atoms with Crippen molar-refractivity contribution in [3.63, 3.8) is 0 Å². The number of hydrogen-bond donors (Lipinski definition) is 1. The standard InChI is InChI=1S/C12H10Cl2N2S/c13-8-4-5-11(10(15)6-8)17-7-9-2-1-3-12(14)16-9/h1-6H,7,15H2. The highest BCUT2D eigenvalue weighted by Crippen LogP contribution is 2.29. The van der Waals surface area contributed by atoms with E-state index in [9.17, 15) is 0 Å². The van der Waals surface area contributed by atoms with Gasteiger partial charge in [0.05, 0.1) is 5.69 Å². The Morgan fingerprint density at radius 2 is 2.00 bits per heavy atom. The summed E-state index contributed by atoms with van der Waals surface area (Å²) in [7, 11) is 0. The van der Waals surface area contributed by atoms with Gasteiger partial charge in [-0.15, -0.1) is 11.8 Å². The van der Waals surface area contributed by atoms with E-state index in [1.54, 1.807) is 23.9 Å². The zero-order valence-electron chi connectivity index (χ0n) is 8.86. The van der Waals surface area contributed by atoms with Gasteiger partial charge in [0.15, 0.2) is 0 Å². The highest BCUT2D eigenvalue weighted by atomic mass is 35.5. The number of halogens is 2. The smallest absolute Gasteiger partial charge is 0.129 e. The van der Waals surface area contributed by atoms with Crippen LogP contribution in [0.1, 0.15) is 5.69 Å². The maximum absolute atomic E-state index is 5.86. The van der Waals surface area contributed by atoms with E-state index in [0.717, 1.165) is 16.3 Å². The molecule has 0 saturated heterocycles. The second-order valence-corrected chi connectivity index (χ2v) is 5.26. The molecule has 1 aromatic carbocycles. The number of anilines is 1. The molecular formula is C12H10Cl2N2S. The van der Waals surface area contributed by atoms with Crippen LogP contribution in [0.3, 0.4) is 0 Å². The maximum atomic E-state index is 5.86. The minimum absolute atomic E-state index is 0.507. The molecular weight excluding hydrogens is 275 g/mol. The molecule has 0 amide bonds. The van der Waals surface area contributed by atoms with E-state index in [0.29, 0.717) is 15.9 Å². The van der Waals surface area contributed by atoms with Crippen LogP contribution in [0.5, 0.6) is 0 Å². The Balaban J connectivity index is 2.07. The van der Waals surface area contributed by atoms with Gasteiger partial charge in [-0.25, -0.2) is 4.98 Å². The molecule has 5 heteroatoms. The summed E-state index contributed by atoms with van der Waals surface area (Å²) in [5, 5.41) is 1.15. The number of nitrogens with zero attached hydrogens (tertiary/aromatic N) is 1. The molecule has 0 spiro atoms. The lowest BCUT2D eigenvalue weighted by Crippen LogP contribution is -1.90. The van der Waals surface area contributed by atoms with Gasteiger partial charge in [0, 0.05) is 21.4 Å². The normalized spacial score (nSPS) is 10.5. The molecule has 0 aliphatic heterocycles. The molecule has 0 fully saturated rings. The fourth-order valence-electron chi connectivity index (χ4n) is 1.33. The van der Waals surface area contributed by atoms with E-state index < -0.39 is 0 Å². The van der Waals surface area contributed by atoms with Crippen molar-refractivity contribution in [2.75, 3.05) is 5.73 Å². The van der Waals surface area contributed by atoms with E-state index >= 15 is 0 Å².